The van der Waals surface area contributed by atoms with Crippen LogP contribution in [0.1, 0.15) is 25.7 Å². The topological polar surface area (TPSA) is 87.5 Å². The maximum atomic E-state index is 11.8. The summed E-state index contributed by atoms with van der Waals surface area (Å²) in [4.78, 5) is 25.4. The second-order valence-electron chi connectivity index (χ2n) is 5.34. The molecule has 0 aliphatic carbocycles. The zero-order valence-electron chi connectivity index (χ0n) is 11.1. The van der Waals surface area contributed by atoms with Gasteiger partial charge in [-0.2, -0.15) is 0 Å². The number of nitrogens with zero attached hydrogens (tertiary/aromatic N) is 1. The fraction of sp³-hybridized carbons (Fsp3) is 0.692. The summed E-state index contributed by atoms with van der Waals surface area (Å²) in [6.07, 6.45) is 5.68. The molecule has 2 aliphatic heterocycles. The summed E-state index contributed by atoms with van der Waals surface area (Å²) in [5.74, 6) is -0.256. The normalized spacial score (nSPS) is 29.8. The van der Waals surface area contributed by atoms with E-state index in [1.54, 1.807) is 6.08 Å². The Morgan fingerprint density at radius 2 is 1.95 bits per heavy atom. The Labute approximate surface area is 113 Å². The van der Waals surface area contributed by atoms with Crippen molar-refractivity contribution in [2.24, 2.45) is 5.73 Å². The second kappa shape index (κ2) is 6.16. The molecule has 2 heterocycles. The summed E-state index contributed by atoms with van der Waals surface area (Å²) >= 11 is 0. The van der Waals surface area contributed by atoms with E-state index in [-0.39, 0.29) is 18.5 Å². The third-order valence-electron chi connectivity index (χ3n) is 3.91. The van der Waals surface area contributed by atoms with Gasteiger partial charge in [-0.3, -0.25) is 15.0 Å². The number of nitrogens with two attached hydrogens (primary N) is 1. The minimum Gasteiger partial charge on any atom is -0.334 e. The summed E-state index contributed by atoms with van der Waals surface area (Å²) in [6.45, 7) is 4.12. The van der Waals surface area contributed by atoms with Gasteiger partial charge in [0.15, 0.2) is 0 Å². The molecule has 4 N–H and O–H groups in total. The number of imide groups is 1. The Balaban J connectivity index is 1.80. The van der Waals surface area contributed by atoms with Gasteiger partial charge in [-0.25, -0.2) is 4.79 Å². The number of hydrogen-bond donors (Lipinski definition) is 3. The lowest BCUT2D eigenvalue weighted by Gasteiger charge is -2.37. The third kappa shape index (κ3) is 3.54. The lowest BCUT2D eigenvalue weighted by atomic mass is 9.98. The smallest absolute Gasteiger partial charge is 0.321 e. The molecule has 0 spiro atoms. The van der Waals surface area contributed by atoms with Crippen LogP contribution in [0.25, 0.3) is 0 Å². The monoisotopic (exact) mass is 266 g/mol. The molecule has 0 saturated carbocycles. The molecule has 2 unspecified atom stereocenters. The summed E-state index contributed by atoms with van der Waals surface area (Å²) in [5, 5.41) is 4.85. The molecule has 2 bridgehead atoms. The van der Waals surface area contributed by atoms with Crippen molar-refractivity contribution in [2.75, 3.05) is 13.1 Å². The summed E-state index contributed by atoms with van der Waals surface area (Å²) in [5.41, 5.74) is 5.98. The highest BCUT2D eigenvalue weighted by Crippen LogP contribution is 2.34. The minimum absolute atomic E-state index is 0.256. The maximum absolute atomic E-state index is 11.8. The van der Waals surface area contributed by atoms with Crippen LogP contribution >= 0.6 is 0 Å². The Hall–Kier alpha value is -1.40. The first-order chi connectivity index (χ1) is 9.10. The maximum Gasteiger partial charge on any atom is 0.321 e. The molecule has 0 radical (unpaired) electrons. The number of fused-ring (bicyclic) bond motifs is 2. The molecule has 2 rings (SSSR count). The Kier molecular flexibility index (Phi) is 4.55. The van der Waals surface area contributed by atoms with Gasteiger partial charge in [0, 0.05) is 24.7 Å². The van der Waals surface area contributed by atoms with Crippen molar-refractivity contribution in [1.82, 2.24) is 15.5 Å². The largest absolute Gasteiger partial charge is 0.334 e. The van der Waals surface area contributed by atoms with Gasteiger partial charge in [0.05, 0.1) is 6.54 Å². The number of urea groups is 1. The van der Waals surface area contributed by atoms with Crippen molar-refractivity contribution in [2.45, 2.75) is 43.8 Å². The number of hydrogen-bond acceptors (Lipinski definition) is 4. The Morgan fingerprint density at radius 1 is 1.32 bits per heavy atom. The average Bonchev–Trinajstić information content (AvgIpc) is 2.60. The molecule has 19 heavy (non-hydrogen) atoms. The van der Waals surface area contributed by atoms with Crippen molar-refractivity contribution in [3.8, 4) is 0 Å². The van der Waals surface area contributed by atoms with Crippen molar-refractivity contribution >= 4 is 11.9 Å². The van der Waals surface area contributed by atoms with Gasteiger partial charge in [0.25, 0.3) is 0 Å². The van der Waals surface area contributed by atoms with Crippen molar-refractivity contribution in [1.29, 1.82) is 0 Å². The molecule has 2 fully saturated rings. The molecule has 2 saturated heterocycles. The highest BCUT2D eigenvalue weighted by atomic mass is 16.2. The van der Waals surface area contributed by atoms with Crippen LogP contribution in [0.2, 0.25) is 0 Å². The number of nitrogens with one attached hydrogen (secondary N) is 2. The lowest BCUT2D eigenvalue weighted by molar-refractivity contribution is -0.122. The van der Waals surface area contributed by atoms with Crippen molar-refractivity contribution in [3.05, 3.63) is 12.7 Å². The van der Waals surface area contributed by atoms with E-state index in [2.05, 4.69) is 22.1 Å². The molecule has 0 aromatic rings. The molecule has 106 valence electrons. The van der Waals surface area contributed by atoms with E-state index in [1.165, 1.54) is 0 Å². The summed E-state index contributed by atoms with van der Waals surface area (Å²) in [6, 6.07) is 0.588. The molecular weight excluding hydrogens is 244 g/mol. The summed E-state index contributed by atoms with van der Waals surface area (Å²) < 4.78 is 0. The van der Waals surface area contributed by atoms with Crippen LogP contribution in [0, 0.1) is 0 Å². The van der Waals surface area contributed by atoms with Gasteiger partial charge >= 0.3 is 6.03 Å². The molecule has 0 aromatic carbocycles. The second-order valence-corrected chi connectivity index (χ2v) is 5.34. The molecule has 6 heteroatoms. The van der Waals surface area contributed by atoms with Gasteiger partial charge in [-0.1, -0.05) is 6.08 Å². The van der Waals surface area contributed by atoms with Crippen LogP contribution < -0.4 is 16.4 Å². The number of carbonyl (C=O) groups is 2. The quantitative estimate of drug-likeness (QED) is 0.623. The Bertz CT molecular complexity index is 358. The lowest BCUT2D eigenvalue weighted by Crippen LogP contribution is -2.52. The van der Waals surface area contributed by atoms with Crippen molar-refractivity contribution < 1.29 is 9.59 Å². The van der Waals surface area contributed by atoms with E-state index in [9.17, 15) is 9.59 Å². The van der Waals surface area contributed by atoms with E-state index in [1.807, 2.05) is 0 Å². The zero-order valence-corrected chi connectivity index (χ0v) is 11.1. The van der Waals surface area contributed by atoms with Crippen LogP contribution in [0.5, 0.6) is 0 Å². The first-order valence-corrected chi connectivity index (χ1v) is 6.80. The van der Waals surface area contributed by atoms with Crippen molar-refractivity contribution in [3.63, 3.8) is 0 Å². The van der Waals surface area contributed by atoms with Crippen LogP contribution in [0.15, 0.2) is 12.7 Å². The highest BCUT2D eigenvalue weighted by Gasteiger charge is 2.40. The minimum atomic E-state index is -0.467. The first-order valence-electron chi connectivity index (χ1n) is 6.80. The van der Waals surface area contributed by atoms with Crippen LogP contribution in [0.3, 0.4) is 0 Å². The van der Waals surface area contributed by atoms with E-state index in [0.29, 0.717) is 18.6 Å². The van der Waals surface area contributed by atoms with Crippen LogP contribution in [-0.2, 0) is 4.79 Å². The highest BCUT2D eigenvalue weighted by molar-refractivity contribution is 5.95. The van der Waals surface area contributed by atoms with Crippen LogP contribution in [-0.4, -0.2) is 48.1 Å². The Morgan fingerprint density at radius 3 is 2.53 bits per heavy atom. The number of rotatable bonds is 4. The van der Waals surface area contributed by atoms with Crippen LogP contribution in [0.4, 0.5) is 4.79 Å². The SMILES string of the molecule is C=CCNC(=O)NC(=O)CN1C2CCC1CC(N)C2. The number of piperidine rings is 1. The molecule has 6 nitrogen and oxygen atoms in total. The van der Waals surface area contributed by atoms with E-state index in [0.717, 1.165) is 25.7 Å². The number of carbonyl (C=O) groups excluding carboxylic acids is 2. The molecular formula is C13H22N4O2. The molecule has 2 atom stereocenters. The summed E-state index contributed by atoms with van der Waals surface area (Å²) in [7, 11) is 0. The zero-order chi connectivity index (χ0) is 13.8. The predicted octanol–water partition coefficient (Wildman–Crippen LogP) is -0.0477. The predicted molar refractivity (Wildman–Crippen MR) is 72.5 cm³/mol. The van der Waals surface area contributed by atoms with Gasteiger partial charge in [0.2, 0.25) is 5.91 Å². The average molecular weight is 266 g/mol. The third-order valence-corrected chi connectivity index (χ3v) is 3.91. The molecule has 0 aromatic heterocycles. The van der Waals surface area contributed by atoms with E-state index < -0.39 is 6.03 Å². The van der Waals surface area contributed by atoms with E-state index >= 15 is 0 Å². The van der Waals surface area contributed by atoms with Gasteiger partial charge in [-0.15, -0.1) is 6.58 Å². The standard InChI is InChI=1S/C13H22N4O2/c1-2-5-15-13(19)16-12(18)8-17-10-3-4-11(17)7-9(14)6-10/h2,9-11H,1,3-8,14H2,(H2,15,16,18,19). The van der Waals surface area contributed by atoms with Gasteiger partial charge in [-0.05, 0) is 25.7 Å². The molecule has 3 amide bonds. The fourth-order valence-corrected chi connectivity index (χ4v) is 3.12. The fourth-order valence-electron chi connectivity index (χ4n) is 3.12. The van der Waals surface area contributed by atoms with Gasteiger partial charge in [0.1, 0.15) is 0 Å². The first kappa shape index (κ1) is 14.0. The number of amides is 3. The van der Waals surface area contributed by atoms with E-state index in [4.69, 9.17) is 5.73 Å². The van der Waals surface area contributed by atoms with Gasteiger partial charge < -0.3 is 11.1 Å². The molecule has 2 aliphatic rings.